The van der Waals surface area contributed by atoms with Gasteiger partial charge in [-0.1, -0.05) is 0 Å². The number of H-pyrrole nitrogens is 1. The Morgan fingerprint density at radius 1 is 1.33 bits per heavy atom. The van der Waals surface area contributed by atoms with Crippen LogP contribution in [0.5, 0.6) is 5.75 Å². The van der Waals surface area contributed by atoms with Crippen molar-refractivity contribution in [3.8, 4) is 16.9 Å². The highest BCUT2D eigenvalue weighted by Crippen LogP contribution is 2.28. The van der Waals surface area contributed by atoms with Gasteiger partial charge in [0.25, 0.3) is 0 Å². The molecule has 15 heavy (non-hydrogen) atoms. The van der Waals surface area contributed by atoms with Gasteiger partial charge in [-0.3, -0.25) is 0 Å². The molecule has 0 saturated carbocycles. The third-order valence-electron chi connectivity index (χ3n) is 2.10. The lowest BCUT2D eigenvalue weighted by Crippen LogP contribution is -2.27. The van der Waals surface area contributed by atoms with Crippen molar-refractivity contribution in [2.24, 2.45) is 12.2 Å². The standard InChI is InChI=1S/C10H9N3O2/c1-13-6-8(5-11-13)7-2-9(12-15)4-10(14)3-7/h2-6,14H,1H3/p+1. The third kappa shape index (κ3) is 1.85. The minimum atomic E-state index is 0.0333. The predicted molar refractivity (Wildman–Crippen MR) is 54.5 cm³/mol. The maximum Gasteiger partial charge on any atom is 0.202 e. The number of rotatable bonds is 2. The van der Waals surface area contributed by atoms with Crippen LogP contribution in [0, 0.1) is 4.91 Å². The molecule has 0 bridgehead atoms. The van der Waals surface area contributed by atoms with Crippen molar-refractivity contribution in [2.75, 3.05) is 0 Å². The van der Waals surface area contributed by atoms with E-state index in [2.05, 4.69) is 10.3 Å². The lowest BCUT2D eigenvalue weighted by molar-refractivity contribution is -0.726. The molecule has 2 N–H and O–H groups in total. The third-order valence-corrected chi connectivity index (χ3v) is 2.10. The van der Waals surface area contributed by atoms with Crippen LogP contribution in [0.3, 0.4) is 0 Å². The first-order valence-corrected chi connectivity index (χ1v) is 4.41. The Morgan fingerprint density at radius 2 is 2.13 bits per heavy atom. The van der Waals surface area contributed by atoms with Gasteiger partial charge in [0, 0.05) is 6.07 Å². The van der Waals surface area contributed by atoms with Gasteiger partial charge in [-0.05, 0) is 22.9 Å². The highest BCUT2D eigenvalue weighted by Gasteiger charge is 2.07. The average molecular weight is 204 g/mol. The van der Waals surface area contributed by atoms with Gasteiger partial charge in [0.1, 0.15) is 11.4 Å². The molecule has 0 saturated heterocycles. The highest BCUT2D eigenvalue weighted by molar-refractivity contribution is 5.67. The van der Waals surface area contributed by atoms with Crippen LogP contribution in [0.2, 0.25) is 0 Å². The van der Waals surface area contributed by atoms with E-state index in [1.165, 1.54) is 6.07 Å². The Balaban J connectivity index is 2.52. The molecule has 0 atom stereocenters. The summed E-state index contributed by atoms with van der Waals surface area (Å²) in [6.07, 6.45) is 3.63. The van der Waals surface area contributed by atoms with Crippen LogP contribution in [0.15, 0.2) is 35.8 Å². The lowest BCUT2D eigenvalue weighted by Gasteiger charge is -1.97. The van der Waals surface area contributed by atoms with Gasteiger partial charge in [-0.2, -0.15) is 5.10 Å². The number of aryl methyl sites for hydroxylation is 1. The van der Waals surface area contributed by atoms with Gasteiger partial charge in [-0.15, -0.1) is 9.59 Å². The number of phenolic OH excluding ortho intramolecular Hbond substituents is 1. The smallest absolute Gasteiger partial charge is 0.202 e. The number of aromatic nitrogens is 2. The maximum absolute atomic E-state index is 10.4. The summed E-state index contributed by atoms with van der Waals surface area (Å²) in [4.78, 5) is 10.4. The van der Waals surface area contributed by atoms with Crippen LogP contribution in [0.1, 0.15) is 0 Å². The molecule has 0 amide bonds. The molecule has 5 heteroatoms. The van der Waals surface area contributed by atoms with Gasteiger partial charge >= 0.3 is 0 Å². The lowest BCUT2D eigenvalue weighted by atomic mass is 10.1. The van der Waals surface area contributed by atoms with E-state index in [1.54, 1.807) is 23.0 Å². The molecular weight excluding hydrogens is 194 g/mol. The molecule has 0 aliphatic carbocycles. The van der Waals surface area contributed by atoms with E-state index in [0.717, 1.165) is 11.1 Å². The Labute approximate surface area is 85.9 Å². The first kappa shape index (κ1) is 9.39. The number of nitrogens with one attached hydrogen (secondary N) is 1. The van der Waals surface area contributed by atoms with Crippen molar-refractivity contribution in [1.82, 2.24) is 5.10 Å². The summed E-state index contributed by atoms with van der Waals surface area (Å²) in [6, 6.07) is 4.52. The van der Waals surface area contributed by atoms with Crippen LogP contribution in [0.25, 0.3) is 11.1 Å². The predicted octanol–water partition coefficient (Wildman–Crippen LogP) is 1.61. The first-order valence-electron chi connectivity index (χ1n) is 4.41. The number of hydrogen-bond donors (Lipinski definition) is 2. The Morgan fingerprint density at radius 3 is 2.73 bits per heavy atom. The monoisotopic (exact) mass is 204 g/mol. The molecule has 2 rings (SSSR count). The molecule has 1 aromatic heterocycles. The molecule has 0 spiro atoms. The molecule has 0 unspecified atom stereocenters. The summed E-state index contributed by atoms with van der Waals surface area (Å²) < 4.78 is 1.77. The molecule has 2 aromatic rings. The summed E-state index contributed by atoms with van der Waals surface area (Å²) in [6.45, 7) is 0. The summed E-state index contributed by atoms with van der Waals surface area (Å²) in [5.74, 6) is 0.0333. The second kappa shape index (κ2) is 3.53. The van der Waals surface area contributed by atoms with E-state index in [9.17, 15) is 10.0 Å². The van der Waals surface area contributed by atoms with Gasteiger partial charge in [0.05, 0.1) is 11.8 Å². The van der Waals surface area contributed by atoms with E-state index in [0.29, 0.717) is 0 Å². The second-order valence-corrected chi connectivity index (χ2v) is 3.30. The molecule has 1 aromatic carbocycles. The summed E-state index contributed by atoms with van der Waals surface area (Å²) >= 11 is 0. The summed E-state index contributed by atoms with van der Waals surface area (Å²) in [5.41, 5.74) is 1.86. The number of hydrogen-bond acceptors (Lipinski definition) is 3. The van der Waals surface area contributed by atoms with E-state index in [-0.39, 0.29) is 11.4 Å². The van der Waals surface area contributed by atoms with Crippen molar-refractivity contribution in [3.05, 3.63) is 35.5 Å². The quantitative estimate of drug-likeness (QED) is 0.576. The molecule has 1 heterocycles. The zero-order valence-electron chi connectivity index (χ0n) is 8.14. The van der Waals surface area contributed by atoms with Gasteiger partial charge in [0.2, 0.25) is 6.20 Å². The van der Waals surface area contributed by atoms with Crippen LogP contribution in [-0.4, -0.2) is 10.2 Å². The Bertz CT molecular complexity index is 505. The highest BCUT2D eigenvalue weighted by atomic mass is 16.3. The van der Waals surface area contributed by atoms with Crippen molar-refractivity contribution in [1.29, 1.82) is 0 Å². The van der Waals surface area contributed by atoms with Crippen molar-refractivity contribution in [2.45, 2.75) is 0 Å². The van der Waals surface area contributed by atoms with Gasteiger partial charge in [0.15, 0.2) is 7.05 Å². The number of nitrogens with zero attached hydrogens (tertiary/aromatic N) is 2. The molecular formula is C10H10N3O2+. The minimum Gasteiger partial charge on any atom is -0.508 e. The maximum atomic E-state index is 10.4. The fourth-order valence-corrected chi connectivity index (χ4v) is 1.43. The van der Waals surface area contributed by atoms with Gasteiger partial charge < -0.3 is 5.11 Å². The normalized spacial score (nSPS) is 10.2. The number of aromatic hydroxyl groups is 1. The molecule has 76 valence electrons. The number of benzene rings is 1. The molecule has 0 radical (unpaired) electrons. The first-order chi connectivity index (χ1) is 7.19. The zero-order valence-corrected chi connectivity index (χ0v) is 8.14. The SMILES string of the molecule is C[n+]1cc(-c2cc(O)cc(N=O)c2)c[nH]1. The fourth-order valence-electron chi connectivity index (χ4n) is 1.43. The Hall–Kier alpha value is -2.17. The molecule has 0 fully saturated rings. The molecule has 0 aliphatic rings. The van der Waals surface area contributed by atoms with E-state index >= 15 is 0 Å². The fraction of sp³-hybridized carbons (Fsp3) is 0.100. The average Bonchev–Trinajstić information content (AvgIpc) is 2.64. The van der Waals surface area contributed by atoms with E-state index < -0.39 is 0 Å². The second-order valence-electron chi connectivity index (χ2n) is 3.30. The topological polar surface area (TPSA) is 69.3 Å². The molecule has 5 nitrogen and oxygen atoms in total. The summed E-state index contributed by atoms with van der Waals surface area (Å²) in [5, 5.41) is 15.1. The number of aromatic amines is 1. The van der Waals surface area contributed by atoms with Crippen LogP contribution in [-0.2, 0) is 7.05 Å². The van der Waals surface area contributed by atoms with Crippen LogP contribution in [0.4, 0.5) is 5.69 Å². The van der Waals surface area contributed by atoms with E-state index in [4.69, 9.17) is 0 Å². The number of phenols is 1. The molecule has 0 aliphatic heterocycles. The van der Waals surface area contributed by atoms with Crippen LogP contribution >= 0.6 is 0 Å². The van der Waals surface area contributed by atoms with E-state index in [1.807, 2.05) is 13.2 Å². The van der Waals surface area contributed by atoms with Crippen molar-refractivity contribution in [3.63, 3.8) is 0 Å². The Kier molecular flexibility index (Phi) is 2.21. The minimum absolute atomic E-state index is 0.0333. The van der Waals surface area contributed by atoms with Gasteiger partial charge in [-0.25, -0.2) is 0 Å². The number of nitroso groups, excluding NO2 is 1. The largest absolute Gasteiger partial charge is 0.508 e. The zero-order chi connectivity index (χ0) is 10.8. The van der Waals surface area contributed by atoms with Crippen LogP contribution < -0.4 is 4.68 Å². The van der Waals surface area contributed by atoms with Crippen molar-refractivity contribution < 1.29 is 9.79 Å². The van der Waals surface area contributed by atoms with Crippen molar-refractivity contribution >= 4 is 5.69 Å². The summed E-state index contributed by atoms with van der Waals surface area (Å²) in [7, 11) is 1.85.